The number of benzene rings is 1. The molecule has 0 fully saturated rings. The van der Waals surface area contributed by atoms with Gasteiger partial charge in [-0.25, -0.2) is 0 Å². The van der Waals surface area contributed by atoms with Crippen LogP contribution in [0.3, 0.4) is 0 Å². The van der Waals surface area contributed by atoms with Crippen LogP contribution in [0, 0.1) is 13.8 Å². The number of nitrogens with zero attached hydrogens (tertiary/aromatic N) is 4. The summed E-state index contributed by atoms with van der Waals surface area (Å²) in [6, 6.07) is 10.4. The molecule has 4 aromatic rings. The highest BCUT2D eigenvalue weighted by Crippen LogP contribution is 2.25. The number of amides is 1. The Bertz CT molecular complexity index is 1240. The molecule has 160 valence electrons. The van der Waals surface area contributed by atoms with Crippen LogP contribution in [0.5, 0.6) is 0 Å². The van der Waals surface area contributed by atoms with Crippen LogP contribution in [0.2, 0.25) is 10.0 Å². The zero-order valence-electron chi connectivity index (χ0n) is 16.7. The molecule has 1 aromatic carbocycles. The van der Waals surface area contributed by atoms with Crippen molar-refractivity contribution in [3.05, 3.63) is 85.6 Å². The maximum Gasteiger partial charge on any atom is 0.292 e. The molecule has 1 N–H and O–H groups in total. The lowest BCUT2D eigenvalue weighted by Gasteiger charge is -2.07. The Balaban J connectivity index is 1.42. The molecular weight excluding hydrogens is 505 g/mol. The van der Waals surface area contributed by atoms with Crippen LogP contribution in [0.25, 0.3) is 0 Å². The van der Waals surface area contributed by atoms with E-state index in [0.717, 1.165) is 21.4 Å². The summed E-state index contributed by atoms with van der Waals surface area (Å²) in [6.45, 7) is 4.70. The van der Waals surface area contributed by atoms with Crippen molar-refractivity contribution in [2.75, 3.05) is 5.32 Å². The fourth-order valence-corrected chi connectivity index (χ4v) is 3.90. The first kappa shape index (κ1) is 21.7. The third-order valence-corrected chi connectivity index (χ3v) is 6.60. The van der Waals surface area contributed by atoms with Crippen LogP contribution in [0.15, 0.2) is 51.5 Å². The second-order valence-electron chi connectivity index (χ2n) is 6.96. The van der Waals surface area contributed by atoms with E-state index in [1.54, 1.807) is 47.3 Å². The van der Waals surface area contributed by atoms with E-state index in [1.807, 2.05) is 18.5 Å². The van der Waals surface area contributed by atoms with Crippen molar-refractivity contribution in [3.63, 3.8) is 0 Å². The Kier molecular flexibility index (Phi) is 6.22. The maximum atomic E-state index is 12.6. The van der Waals surface area contributed by atoms with E-state index in [4.69, 9.17) is 27.6 Å². The number of hydrogen-bond donors (Lipinski definition) is 1. The minimum absolute atomic E-state index is 0.194. The number of rotatable bonds is 6. The highest BCUT2D eigenvalue weighted by molar-refractivity contribution is 9.10. The van der Waals surface area contributed by atoms with Gasteiger partial charge in [0.1, 0.15) is 5.76 Å². The van der Waals surface area contributed by atoms with Crippen LogP contribution in [0.4, 0.5) is 5.82 Å². The van der Waals surface area contributed by atoms with Gasteiger partial charge in [0.15, 0.2) is 11.6 Å². The molecule has 3 heterocycles. The molecule has 0 radical (unpaired) electrons. The number of hydrogen-bond acceptors (Lipinski definition) is 4. The highest BCUT2D eigenvalue weighted by atomic mass is 79.9. The van der Waals surface area contributed by atoms with Gasteiger partial charge in [0.05, 0.1) is 29.0 Å². The lowest BCUT2D eigenvalue weighted by molar-refractivity contribution is 0.0994. The van der Waals surface area contributed by atoms with Crippen LogP contribution in [-0.4, -0.2) is 25.5 Å². The smallest absolute Gasteiger partial charge is 0.292 e. The van der Waals surface area contributed by atoms with Gasteiger partial charge < -0.3 is 9.73 Å². The first-order valence-electron chi connectivity index (χ1n) is 9.37. The first-order chi connectivity index (χ1) is 14.8. The predicted molar refractivity (Wildman–Crippen MR) is 123 cm³/mol. The molecule has 0 unspecified atom stereocenters. The fraction of sp³-hybridized carbons (Fsp3) is 0.190. The molecule has 0 atom stereocenters. The van der Waals surface area contributed by atoms with Gasteiger partial charge >= 0.3 is 0 Å². The number of aryl methyl sites for hydroxylation is 1. The van der Waals surface area contributed by atoms with Crippen molar-refractivity contribution < 1.29 is 9.21 Å². The quantitative estimate of drug-likeness (QED) is 0.352. The molecule has 31 heavy (non-hydrogen) atoms. The average molecular weight is 523 g/mol. The number of anilines is 1. The molecule has 0 aliphatic rings. The Morgan fingerprint density at radius 1 is 1.10 bits per heavy atom. The Morgan fingerprint density at radius 2 is 1.84 bits per heavy atom. The van der Waals surface area contributed by atoms with Crippen molar-refractivity contribution >= 4 is 50.9 Å². The standard InChI is InChI=1S/C21H18BrCl2N5O2/c1-12-20(22)13(2)29(26-12)10-14-6-7-18(31-14)21(30)25-19-8-9-28(27-19)11-15-16(23)4-3-5-17(15)24/h3-9H,10-11H2,1-2H3,(H,25,27,30). The van der Waals surface area contributed by atoms with Gasteiger partial charge in [0, 0.05) is 27.9 Å². The normalized spacial score (nSPS) is 11.1. The third-order valence-electron chi connectivity index (χ3n) is 4.75. The van der Waals surface area contributed by atoms with Gasteiger partial charge in [-0.05, 0) is 54.0 Å². The van der Waals surface area contributed by atoms with E-state index in [0.29, 0.717) is 34.7 Å². The number of halogens is 3. The zero-order chi connectivity index (χ0) is 22.1. The Hall–Kier alpha value is -2.55. The highest BCUT2D eigenvalue weighted by Gasteiger charge is 2.16. The molecule has 0 aliphatic carbocycles. The summed E-state index contributed by atoms with van der Waals surface area (Å²) in [6.07, 6.45) is 1.74. The van der Waals surface area contributed by atoms with Gasteiger partial charge in [0.2, 0.25) is 0 Å². The monoisotopic (exact) mass is 521 g/mol. The van der Waals surface area contributed by atoms with Crippen molar-refractivity contribution in [1.29, 1.82) is 0 Å². The number of nitrogens with one attached hydrogen (secondary N) is 1. The van der Waals surface area contributed by atoms with Crippen molar-refractivity contribution in [1.82, 2.24) is 19.6 Å². The van der Waals surface area contributed by atoms with Gasteiger partial charge in [-0.3, -0.25) is 14.2 Å². The van der Waals surface area contributed by atoms with Crippen molar-refractivity contribution in [3.8, 4) is 0 Å². The summed E-state index contributed by atoms with van der Waals surface area (Å²) in [5, 5.41) is 12.7. The van der Waals surface area contributed by atoms with Crippen molar-refractivity contribution in [2.24, 2.45) is 0 Å². The fourth-order valence-electron chi connectivity index (χ4n) is 3.10. The largest absolute Gasteiger partial charge is 0.454 e. The molecule has 7 nitrogen and oxygen atoms in total. The molecule has 4 rings (SSSR count). The van der Waals surface area contributed by atoms with Gasteiger partial charge in [-0.15, -0.1) is 0 Å². The summed E-state index contributed by atoms with van der Waals surface area (Å²) in [5.41, 5.74) is 2.65. The molecule has 10 heteroatoms. The van der Waals surface area contributed by atoms with E-state index < -0.39 is 0 Å². The van der Waals surface area contributed by atoms with E-state index in [9.17, 15) is 4.79 Å². The molecule has 1 amide bonds. The summed E-state index contributed by atoms with van der Waals surface area (Å²) in [5.74, 6) is 0.830. The number of furan rings is 1. The molecule has 0 aliphatic heterocycles. The SMILES string of the molecule is Cc1nn(Cc2ccc(C(=O)Nc3ccn(Cc4c(Cl)cccc4Cl)n3)o2)c(C)c1Br. The molecular formula is C21H18BrCl2N5O2. The Labute approximate surface area is 197 Å². The van der Waals surface area contributed by atoms with Crippen LogP contribution < -0.4 is 5.32 Å². The summed E-state index contributed by atoms with van der Waals surface area (Å²) in [7, 11) is 0. The van der Waals surface area contributed by atoms with Crippen LogP contribution in [-0.2, 0) is 13.1 Å². The zero-order valence-corrected chi connectivity index (χ0v) is 19.8. The minimum atomic E-state index is -0.387. The summed E-state index contributed by atoms with van der Waals surface area (Å²) < 4.78 is 10.1. The molecule has 3 aromatic heterocycles. The summed E-state index contributed by atoms with van der Waals surface area (Å²) in [4.78, 5) is 12.6. The first-order valence-corrected chi connectivity index (χ1v) is 10.9. The summed E-state index contributed by atoms with van der Waals surface area (Å²) >= 11 is 15.9. The minimum Gasteiger partial charge on any atom is -0.454 e. The lowest BCUT2D eigenvalue weighted by atomic mass is 10.2. The lowest BCUT2D eigenvalue weighted by Crippen LogP contribution is -2.12. The second kappa shape index (κ2) is 8.90. The van der Waals surface area contributed by atoms with Gasteiger partial charge in [0.25, 0.3) is 5.91 Å². The maximum absolute atomic E-state index is 12.6. The molecule has 0 bridgehead atoms. The number of aromatic nitrogens is 4. The molecule has 0 saturated heterocycles. The number of carbonyl (C=O) groups is 1. The van der Waals surface area contributed by atoms with E-state index >= 15 is 0 Å². The van der Waals surface area contributed by atoms with Crippen molar-refractivity contribution in [2.45, 2.75) is 26.9 Å². The number of carbonyl (C=O) groups excluding carboxylic acids is 1. The van der Waals surface area contributed by atoms with E-state index in [2.05, 4.69) is 31.4 Å². The predicted octanol–water partition coefficient (Wildman–Crippen LogP) is 5.71. The second-order valence-corrected chi connectivity index (χ2v) is 8.57. The third kappa shape index (κ3) is 4.71. The van der Waals surface area contributed by atoms with Crippen LogP contribution >= 0.6 is 39.1 Å². The molecule has 0 saturated carbocycles. The molecule has 0 spiro atoms. The van der Waals surface area contributed by atoms with E-state index in [-0.39, 0.29) is 11.7 Å². The topological polar surface area (TPSA) is 77.9 Å². The average Bonchev–Trinajstić information content (AvgIpc) is 3.43. The van der Waals surface area contributed by atoms with Gasteiger partial charge in [-0.2, -0.15) is 10.2 Å². The van der Waals surface area contributed by atoms with Crippen LogP contribution in [0.1, 0.15) is 33.3 Å². The van der Waals surface area contributed by atoms with Gasteiger partial charge in [-0.1, -0.05) is 29.3 Å². The van der Waals surface area contributed by atoms with E-state index in [1.165, 1.54) is 0 Å². The Morgan fingerprint density at radius 3 is 2.52 bits per heavy atom.